The molecule has 0 aliphatic rings. The minimum Gasteiger partial charge on any atom is -0.491 e. The number of carbonyl (C=O) groups is 2. The third-order valence-electron chi connectivity index (χ3n) is 3.39. The fraction of sp³-hybridized carbons (Fsp3) is 0.263. The lowest BCUT2D eigenvalue weighted by Crippen LogP contribution is -2.32. The maximum Gasteiger partial charge on any atom is 0.416 e. The predicted octanol–water partition coefficient (Wildman–Crippen LogP) is 3.86. The summed E-state index contributed by atoms with van der Waals surface area (Å²) in [6.45, 7) is 3.48. The van der Waals surface area contributed by atoms with Gasteiger partial charge in [0.2, 0.25) is 5.91 Å². The van der Waals surface area contributed by atoms with Crippen LogP contribution < -0.4 is 15.4 Å². The van der Waals surface area contributed by atoms with E-state index in [1.54, 1.807) is 24.3 Å². The highest BCUT2D eigenvalue weighted by Crippen LogP contribution is 2.29. The molecular weight excluding hydrogens is 361 g/mol. The Morgan fingerprint density at radius 2 is 1.59 bits per heavy atom. The molecule has 2 aromatic rings. The summed E-state index contributed by atoms with van der Waals surface area (Å²) in [5.74, 6) is -0.439. The van der Waals surface area contributed by atoms with Crippen LogP contribution in [0.2, 0.25) is 0 Å². The Bertz CT molecular complexity index is 785. The number of ether oxygens (including phenoxy) is 1. The molecule has 0 bridgehead atoms. The number of halogens is 3. The van der Waals surface area contributed by atoms with Gasteiger partial charge in [-0.15, -0.1) is 0 Å². The average molecular weight is 380 g/mol. The molecule has 0 spiro atoms. The van der Waals surface area contributed by atoms with Crippen LogP contribution in [0.1, 0.15) is 29.8 Å². The minimum absolute atomic E-state index is 0.0332. The summed E-state index contributed by atoms with van der Waals surface area (Å²) in [5, 5.41) is 4.96. The van der Waals surface area contributed by atoms with Crippen molar-refractivity contribution in [1.29, 1.82) is 0 Å². The lowest BCUT2D eigenvalue weighted by Gasteiger charge is -2.11. The van der Waals surface area contributed by atoms with Gasteiger partial charge in [0.25, 0.3) is 5.91 Å². The highest BCUT2D eigenvalue weighted by Gasteiger charge is 2.30. The molecule has 0 aliphatic carbocycles. The van der Waals surface area contributed by atoms with Gasteiger partial charge in [-0.25, -0.2) is 0 Å². The largest absolute Gasteiger partial charge is 0.491 e. The molecule has 5 nitrogen and oxygen atoms in total. The SMILES string of the molecule is CC(C)Oc1ccc(NC(=O)CNC(=O)c2ccc(C(F)(F)F)cc2)cc1. The number of amides is 2. The molecule has 2 N–H and O–H groups in total. The molecule has 0 aliphatic heterocycles. The van der Waals surface area contributed by atoms with Gasteiger partial charge in [-0.1, -0.05) is 0 Å². The minimum atomic E-state index is -4.47. The van der Waals surface area contributed by atoms with Gasteiger partial charge in [0.1, 0.15) is 5.75 Å². The maximum atomic E-state index is 12.5. The smallest absolute Gasteiger partial charge is 0.416 e. The van der Waals surface area contributed by atoms with E-state index in [-0.39, 0.29) is 18.2 Å². The second-order valence-corrected chi connectivity index (χ2v) is 6.00. The van der Waals surface area contributed by atoms with Crippen molar-refractivity contribution < 1.29 is 27.5 Å². The van der Waals surface area contributed by atoms with Crippen LogP contribution in [-0.2, 0) is 11.0 Å². The lowest BCUT2D eigenvalue weighted by molar-refractivity contribution is -0.137. The zero-order valence-corrected chi connectivity index (χ0v) is 14.8. The molecule has 0 unspecified atom stereocenters. The number of nitrogens with one attached hydrogen (secondary N) is 2. The van der Waals surface area contributed by atoms with E-state index in [2.05, 4.69) is 10.6 Å². The Hall–Kier alpha value is -3.03. The first kappa shape index (κ1) is 20.3. The van der Waals surface area contributed by atoms with Crippen LogP contribution in [0.25, 0.3) is 0 Å². The molecule has 0 saturated heterocycles. The molecule has 0 fully saturated rings. The Kier molecular flexibility index (Phi) is 6.44. The fourth-order valence-corrected chi connectivity index (χ4v) is 2.17. The van der Waals surface area contributed by atoms with Crippen molar-refractivity contribution in [3.05, 3.63) is 59.7 Å². The highest BCUT2D eigenvalue weighted by atomic mass is 19.4. The van der Waals surface area contributed by atoms with Crippen LogP contribution in [0.3, 0.4) is 0 Å². The van der Waals surface area contributed by atoms with Crippen molar-refractivity contribution in [3.8, 4) is 5.75 Å². The molecule has 8 heteroatoms. The van der Waals surface area contributed by atoms with Gasteiger partial charge in [0.15, 0.2) is 0 Å². The van der Waals surface area contributed by atoms with Crippen molar-refractivity contribution in [2.45, 2.75) is 26.1 Å². The third kappa shape index (κ3) is 6.32. The summed E-state index contributed by atoms with van der Waals surface area (Å²) in [5.41, 5.74) is -0.285. The van der Waals surface area contributed by atoms with Crippen LogP contribution in [-0.4, -0.2) is 24.5 Å². The molecular formula is C19H19F3N2O3. The van der Waals surface area contributed by atoms with E-state index in [4.69, 9.17) is 4.74 Å². The second kappa shape index (κ2) is 8.57. The molecule has 0 radical (unpaired) electrons. The standard InChI is InChI=1S/C19H19F3N2O3/c1-12(2)27-16-9-7-15(8-10-16)24-17(25)11-23-18(26)13-3-5-14(6-4-13)19(20,21)22/h3-10,12H,11H2,1-2H3,(H,23,26)(H,24,25). The van der Waals surface area contributed by atoms with Crippen molar-refractivity contribution >= 4 is 17.5 Å². The molecule has 144 valence electrons. The van der Waals surface area contributed by atoms with E-state index in [1.165, 1.54) is 0 Å². The summed E-state index contributed by atoms with van der Waals surface area (Å²) in [7, 11) is 0. The number of hydrogen-bond acceptors (Lipinski definition) is 3. The first-order chi connectivity index (χ1) is 12.6. The summed E-state index contributed by atoms with van der Waals surface area (Å²) in [6.07, 6.45) is -4.43. The van der Waals surface area contributed by atoms with E-state index >= 15 is 0 Å². The topological polar surface area (TPSA) is 67.4 Å². The first-order valence-electron chi connectivity index (χ1n) is 8.17. The van der Waals surface area contributed by atoms with Crippen molar-refractivity contribution in [1.82, 2.24) is 5.32 Å². The first-order valence-corrected chi connectivity index (χ1v) is 8.17. The Morgan fingerprint density at radius 1 is 1.00 bits per heavy atom. The van der Waals surface area contributed by atoms with Gasteiger partial charge in [0, 0.05) is 11.3 Å². The Morgan fingerprint density at radius 3 is 2.11 bits per heavy atom. The van der Waals surface area contributed by atoms with Crippen molar-refractivity contribution in [2.75, 3.05) is 11.9 Å². The molecule has 0 heterocycles. The number of rotatable bonds is 6. The predicted molar refractivity (Wildman–Crippen MR) is 94.6 cm³/mol. The second-order valence-electron chi connectivity index (χ2n) is 6.00. The van der Waals surface area contributed by atoms with Crippen molar-refractivity contribution in [3.63, 3.8) is 0 Å². The number of carbonyl (C=O) groups excluding carboxylic acids is 2. The summed E-state index contributed by atoms with van der Waals surface area (Å²) in [6, 6.07) is 10.5. The summed E-state index contributed by atoms with van der Waals surface area (Å²) >= 11 is 0. The van der Waals surface area contributed by atoms with Gasteiger partial charge in [-0.2, -0.15) is 13.2 Å². The molecule has 2 rings (SSSR count). The summed E-state index contributed by atoms with van der Waals surface area (Å²) in [4.78, 5) is 23.8. The Labute approximate surface area is 154 Å². The Balaban J connectivity index is 1.85. The van der Waals surface area contributed by atoms with Crippen LogP contribution in [0.15, 0.2) is 48.5 Å². The molecule has 2 amide bonds. The van der Waals surface area contributed by atoms with E-state index in [1.807, 2.05) is 13.8 Å². The van der Waals surface area contributed by atoms with E-state index < -0.39 is 23.6 Å². The van der Waals surface area contributed by atoms with Gasteiger partial charge in [-0.05, 0) is 62.4 Å². The molecule has 0 saturated carbocycles. The van der Waals surface area contributed by atoms with Gasteiger partial charge in [-0.3, -0.25) is 9.59 Å². The molecule has 0 aromatic heterocycles. The van der Waals surface area contributed by atoms with E-state index in [9.17, 15) is 22.8 Å². The highest BCUT2D eigenvalue weighted by molar-refractivity contribution is 5.99. The van der Waals surface area contributed by atoms with Gasteiger partial charge in [0.05, 0.1) is 18.2 Å². The van der Waals surface area contributed by atoms with Crippen LogP contribution in [0.4, 0.5) is 18.9 Å². The fourth-order valence-electron chi connectivity index (χ4n) is 2.17. The number of alkyl halides is 3. The van der Waals surface area contributed by atoms with Crippen LogP contribution in [0, 0.1) is 0 Å². The zero-order chi connectivity index (χ0) is 20.0. The number of hydrogen-bond donors (Lipinski definition) is 2. The quantitative estimate of drug-likeness (QED) is 0.800. The van der Waals surface area contributed by atoms with Crippen LogP contribution >= 0.6 is 0 Å². The normalized spacial score (nSPS) is 11.2. The van der Waals surface area contributed by atoms with E-state index in [0.29, 0.717) is 11.4 Å². The molecule has 27 heavy (non-hydrogen) atoms. The molecule has 0 atom stereocenters. The zero-order valence-electron chi connectivity index (χ0n) is 14.8. The maximum absolute atomic E-state index is 12.5. The van der Waals surface area contributed by atoms with E-state index in [0.717, 1.165) is 24.3 Å². The number of anilines is 1. The van der Waals surface area contributed by atoms with Gasteiger partial charge < -0.3 is 15.4 Å². The average Bonchev–Trinajstić information content (AvgIpc) is 2.60. The lowest BCUT2D eigenvalue weighted by atomic mass is 10.1. The van der Waals surface area contributed by atoms with Crippen molar-refractivity contribution in [2.24, 2.45) is 0 Å². The summed E-state index contributed by atoms with van der Waals surface area (Å²) < 4.78 is 43.0. The van der Waals surface area contributed by atoms with Crippen LogP contribution in [0.5, 0.6) is 5.75 Å². The molecule has 2 aromatic carbocycles. The number of benzene rings is 2. The third-order valence-corrected chi connectivity index (χ3v) is 3.39. The monoisotopic (exact) mass is 380 g/mol. The van der Waals surface area contributed by atoms with Gasteiger partial charge >= 0.3 is 6.18 Å².